The molecule has 0 saturated carbocycles. The highest BCUT2D eigenvalue weighted by Gasteiger charge is 2.07. The van der Waals surface area contributed by atoms with Gasteiger partial charge in [-0.3, -0.25) is 0 Å². The number of hydrogen-bond donors (Lipinski definition) is 3. The second-order valence-electron chi connectivity index (χ2n) is 5.94. The minimum Gasteiger partial charge on any atom is -0.508 e. The van der Waals surface area contributed by atoms with Gasteiger partial charge >= 0.3 is 0 Å². The van der Waals surface area contributed by atoms with Crippen LogP contribution in [-0.4, -0.2) is 10.8 Å². The number of benzene rings is 3. The molecule has 0 aliphatic carbocycles. The molecule has 0 aliphatic rings. The summed E-state index contributed by atoms with van der Waals surface area (Å²) in [6.07, 6.45) is 1.89. The average Bonchev–Trinajstić information content (AvgIpc) is 2.68. The molecule has 0 spiro atoms. The number of phenolic OH excluding ortho intramolecular Hbond substituents is 1. The summed E-state index contributed by atoms with van der Waals surface area (Å²) in [4.78, 5) is 0. The minimum atomic E-state index is 0.221. The van der Waals surface area contributed by atoms with Gasteiger partial charge in [0, 0.05) is 22.7 Å². The quantitative estimate of drug-likeness (QED) is 0.354. The smallest absolute Gasteiger partial charge is 0.115 e. The molecule has 0 heterocycles. The summed E-state index contributed by atoms with van der Waals surface area (Å²) in [6.45, 7) is 9.83. The van der Waals surface area contributed by atoms with Crippen molar-refractivity contribution in [2.45, 2.75) is 20.8 Å². The number of anilines is 1. The first-order chi connectivity index (χ1) is 13.0. The van der Waals surface area contributed by atoms with Crippen LogP contribution in [0.5, 0.6) is 5.75 Å². The number of rotatable bonds is 5. The van der Waals surface area contributed by atoms with E-state index in [2.05, 4.69) is 36.2 Å². The molecule has 0 saturated heterocycles. The fourth-order valence-corrected chi connectivity index (χ4v) is 2.67. The molecule has 0 bridgehead atoms. The van der Waals surface area contributed by atoms with Gasteiger partial charge in [-0.05, 0) is 53.6 Å². The standard InChI is InChI=1S/C22H20N2O.C2H6/c1-15(23)22(13-17-7-11-21(25)12-8-17)16(2)24-20-10-9-18-5-3-4-6-19(18)14-20;1-2/h3-14,23-25H,2H2,1H3;1-2H3/b22-13+,23-15?;. The minimum absolute atomic E-state index is 0.221. The average molecular weight is 358 g/mol. The van der Waals surface area contributed by atoms with Crippen molar-refractivity contribution < 1.29 is 5.11 Å². The fraction of sp³-hybridized carbons (Fsp3) is 0.125. The number of allylic oxidation sites excluding steroid dienone is 1. The second kappa shape index (κ2) is 9.39. The normalized spacial score (nSPS) is 10.7. The molecule has 3 rings (SSSR count). The zero-order chi connectivity index (χ0) is 19.8. The van der Waals surface area contributed by atoms with Crippen molar-refractivity contribution in [1.82, 2.24) is 0 Å². The Balaban J connectivity index is 0.00000126. The lowest BCUT2D eigenvalue weighted by Crippen LogP contribution is -2.07. The highest BCUT2D eigenvalue weighted by molar-refractivity contribution is 6.04. The van der Waals surface area contributed by atoms with Gasteiger partial charge < -0.3 is 15.8 Å². The van der Waals surface area contributed by atoms with Gasteiger partial charge in [0.05, 0.1) is 0 Å². The largest absolute Gasteiger partial charge is 0.508 e. The maximum atomic E-state index is 9.40. The molecular weight excluding hydrogens is 332 g/mol. The summed E-state index contributed by atoms with van der Waals surface area (Å²) in [5.74, 6) is 0.221. The third-order valence-corrected chi connectivity index (χ3v) is 3.98. The third-order valence-electron chi connectivity index (χ3n) is 3.98. The Morgan fingerprint density at radius 1 is 0.963 bits per heavy atom. The molecule has 0 aromatic heterocycles. The molecule has 0 fully saturated rings. The zero-order valence-electron chi connectivity index (χ0n) is 16.1. The molecule has 3 nitrogen and oxygen atoms in total. The van der Waals surface area contributed by atoms with Gasteiger partial charge in [-0.1, -0.05) is 62.9 Å². The van der Waals surface area contributed by atoms with E-state index in [1.165, 1.54) is 5.39 Å². The predicted molar refractivity (Wildman–Crippen MR) is 118 cm³/mol. The van der Waals surface area contributed by atoms with Crippen LogP contribution in [0.1, 0.15) is 26.3 Å². The van der Waals surface area contributed by atoms with Gasteiger partial charge in [0.1, 0.15) is 5.75 Å². The molecule has 27 heavy (non-hydrogen) atoms. The summed E-state index contributed by atoms with van der Waals surface area (Å²) in [7, 11) is 0. The predicted octanol–water partition coefficient (Wildman–Crippen LogP) is 6.62. The lowest BCUT2D eigenvalue weighted by Gasteiger charge is -2.14. The highest BCUT2D eigenvalue weighted by atomic mass is 16.3. The van der Waals surface area contributed by atoms with Crippen LogP contribution < -0.4 is 5.32 Å². The maximum absolute atomic E-state index is 9.40. The van der Waals surface area contributed by atoms with E-state index in [0.717, 1.165) is 22.2 Å². The molecule has 138 valence electrons. The van der Waals surface area contributed by atoms with Crippen molar-refractivity contribution in [3.05, 3.63) is 90.1 Å². The summed E-state index contributed by atoms with van der Waals surface area (Å²) in [5.41, 5.74) is 3.64. The SMILES string of the molecule is C=C(Nc1ccc2ccccc2c1)/C(=C/c1ccc(O)cc1)C(C)=N.CC. The Hall–Kier alpha value is -3.33. The van der Waals surface area contributed by atoms with Crippen LogP contribution in [-0.2, 0) is 0 Å². The van der Waals surface area contributed by atoms with Crippen LogP contribution in [0, 0.1) is 5.41 Å². The van der Waals surface area contributed by atoms with E-state index in [-0.39, 0.29) is 5.75 Å². The van der Waals surface area contributed by atoms with Gasteiger partial charge in [-0.2, -0.15) is 0 Å². The van der Waals surface area contributed by atoms with Gasteiger partial charge in [-0.25, -0.2) is 0 Å². The zero-order valence-corrected chi connectivity index (χ0v) is 16.1. The summed E-state index contributed by atoms with van der Waals surface area (Å²) >= 11 is 0. The first-order valence-corrected chi connectivity index (χ1v) is 9.04. The Morgan fingerprint density at radius 3 is 2.22 bits per heavy atom. The monoisotopic (exact) mass is 358 g/mol. The lowest BCUT2D eigenvalue weighted by atomic mass is 10.0. The topological polar surface area (TPSA) is 56.1 Å². The van der Waals surface area contributed by atoms with Gasteiger partial charge in [0.25, 0.3) is 0 Å². The van der Waals surface area contributed by atoms with Crippen LogP contribution in [0.15, 0.2) is 84.6 Å². The number of aromatic hydroxyl groups is 1. The fourth-order valence-electron chi connectivity index (χ4n) is 2.67. The maximum Gasteiger partial charge on any atom is 0.115 e. The van der Waals surface area contributed by atoms with E-state index < -0.39 is 0 Å². The van der Waals surface area contributed by atoms with E-state index in [0.29, 0.717) is 11.4 Å². The highest BCUT2D eigenvalue weighted by Crippen LogP contribution is 2.23. The van der Waals surface area contributed by atoms with Gasteiger partial charge in [0.15, 0.2) is 0 Å². The van der Waals surface area contributed by atoms with Crippen molar-refractivity contribution in [1.29, 1.82) is 5.41 Å². The molecule has 0 atom stereocenters. The second-order valence-corrected chi connectivity index (χ2v) is 5.94. The molecule has 3 N–H and O–H groups in total. The van der Waals surface area contributed by atoms with Crippen LogP contribution in [0.25, 0.3) is 16.8 Å². The molecule has 0 radical (unpaired) electrons. The number of fused-ring (bicyclic) bond motifs is 1. The number of hydrogen-bond acceptors (Lipinski definition) is 3. The van der Waals surface area contributed by atoms with E-state index in [1.807, 2.05) is 50.3 Å². The Bertz CT molecular complexity index is 969. The number of nitrogens with one attached hydrogen (secondary N) is 2. The first-order valence-electron chi connectivity index (χ1n) is 9.04. The van der Waals surface area contributed by atoms with Gasteiger partial charge in [-0.15, -0.1) is 0 Å². The lowest BCUT2D eigenvalue weighted by molar-refractivity contribution is 0.475. The number of phenols is 1. The molecular formula is C24H26N2O. The van der Waals surface area contributed by atoms with Crippen molar-refractivity contribution in [2.24, 2.45) is 0 Å². The summed E-state index contributed by atoms with van der Waals surface area (Å²) in [5, 5.41) is 23.1. The van der Waals surface area contributed by atoms with E-state index in [4.69, 9.17) is 5.41 Å². The van der Waals surface area contributed by atoms with Crippen molar-refractivity contribution in [3.63, 3.8) is 0 Å². The molecule has 3 heteroatoms. The van der Waals surface area contributed by atoms with E-state index >= 15 is 0 Å². The molecule has 0 unspecified atom stereocenters. The Kier molecular flexibility index (Phi) is 6.95. The van der Waals surface area contributed by atoms with Crippen molar-refractivity contribution in [2.75, 3.05) is 5.32 Å². The summed E-state index contributed by atoms with van der Waals surface area (Å²) < 4.78 is 0. The van der Waals surface area contributed by atoms with Crippen LogP contribution in [0.2, 0.25) is 0 Å². The Labute approximate surface area is 161 Å². The molecule has 3 aromatic carbocycles. The van der Waals surface area contributed by atoms with Crippen LogP contribution >= 0.6 is 0 Å². The molecule has 0 amide bonds. The Morgan fingerprint density at radius 2 is 1.59 bits per heavy atom. The third kappa shape index (κ3) is 5.32. The van der Waals surface area contributed by atoms with Crippen LogP contribution in [0.3, 0.4) is 0 Å². The first kappa shape index (κ1) is 20.0. The van der Waals surface area contributed by atoms with E-state index in [9.17, 15) is 5.11 Å². The van der Waals surface area contributed by atoms with Crippen molar-refractivity contribution >= 4 is 28.2 Å². The van der Waals surface area contributed by atoms with Crippen LogP contribution in [0.4, 0.5) is 5.69 Å². The molecule has 0 aliphatic heterocycles. The van der Waals surface area contributed by atoms with E-state index in [1.54, 1.807) is 19.1 Å². The van der Waals surface area contributed by atoms with Gasteiger partial charge in [0.2, 0.25) is 0 Å². The van der Waals surface area contributed by atoms with Crippen molar-refractivity contribution in [3.8, 4) is 5.75 Å². The summed E-state index contributed by atoms with van der Waals surface area (Å²) in [6, 6.07) is 21.2. The molecule has 3 aromatic rings.